The van der Waals surface area contributed by atoms with E-state index in [1.165, 1.54) is 16.5 Å². The lowest BCUT2D eigenvalue weighted by Gasteiger charge is -2.26. The van der Waals surface area contributed by atoms with Crippen LogP contribution in [0.3, 0.4) is 0 Å². The molecule has 6 nitrogen and oxygen atoms in total. The molecule has 0 bridgehead atoms. The molecule has 3 rings (SSSR count). The fraction of sp³-hybridized carbons (Fsp3) is 0.375. The minimum Gasteiger partial charge on any atom is -0.438 e. The number of rotatable bonds is 7. The van der Waals surface area contributed by atoms with E-state index in [1.807, 2.05) is 26.8 Å². The Morgan fingerprint density at radius 2 is 1.80 bits per heavy atom. The van der Waals surface area contributed by atoms with Gasteiger partial charge in [0.25, 0.3) is 5.91 Å². The van der Waals surface area contributed by atoms with Gasteiger partial charge in [0.1, 0.15) is 17.6 Å². The van der Waals surface area contributed by atoms with Crippen molar-refractivity contribution in [2.75, 3.05) is 18.0 Å². The second-order valence-corrected chi connectivity index (χ2v) is 7.65. The van der Waals surface area contributed by atoms with Crippen LogP contribution in [-0.2, 0) is 0 Å². The normalized spacial score (nSPS) is 10.9. The highest BCUT2D eigenvalue weighted by atomic mass is 16.5. The lowest BCUT2D eigenvalue weighted by molar-refractivity contribution is 0.0957. The monoisotopic (exact) mass is 406 g/mol. The molecule has 0 radical (unpaired) electrons. The largest absolute Gasteiger partial charge is 0.438 e. The van der Waals surface area contributed by atoms with Gasteiger partial charge in [-0.1, -0.05) is 24.6 Å². The third-order valence-corrected chi connectivity index (χ3v) is 5.07. The Morgan fingerprint density at radius 1 is 1.10 bits per heavy atom. The van der Waals surface area contributed by atoms with E-state index in [1.54, 1.807) is 12.4 Å². The number of carbonyl (C=O) groups is 1. The lowest BCUT2D eigenvalue weighted by Crippen LogP contribution is -2.27. The van der Waals surface area contributed by atoms with E-state index in [-0.39, 0.29) is 5.91 Å². The minimum absolute atomic E-state index is 0.207. The molecule has 0 spiro atoms. The summed E-state index contributed by atoms with van der Waals surface area (Å²) in [6.07, 6.45) is 5.72. The molecule has 0 aliphatic heterocycles. The Labute approximate surface area is 178 Å². The molecule has 3 aromatic rings. The number of carbonyl (C=O) groups excluding carboxylic acids is 1. The highest BCUT2D eigenvalue weighted by molar-refractivity contribution is 6.03. The van der Waals surface area contributed by atoms with E-state index in [2.05, 4.69) is 47.8 Å². The summed E-state index contributed by atoms with van der Waals surface area (Å²) in [7, 11) is 0. The van der Waals surface area contributed by atoms with Crippen molar-refractivity contribution in [3.8, 4) is 11.6 Å². The van der Waals surface area contributed by atoms with Gasteiger partial charge in [-0.05, 0) is 58.2 Å². The molecule has 1 aromatic carbocycles. The van der Waals surface area contributed by atoms with Crippen molar-refractivity contribution in [2.24, 2.45) is 0 Å². The van der Waals surface area contributed by atoms with Gasteiger partial charge in [0.15, 0.2) is 0 Å². The molecule has 0 aliphatic carbocycles. The fourth-order valence-electron chi connectivity index (χ4n) is 3.80. The number of aryl methyl sites for hydroxylation is 4. The van der Waals surface area contributed by atoms with Gasteiger partial charge in [0, 0.05) is 31.2 Å². The van der Waals surface area contributed by atoms with Gasteiger partial charge in [0.2, 0.25) is 5.88 Å². The number of nitrogens with zero attached hydrogens (tertiary/aromatic N) is 4. The Balaban J connectivity index is 2.21. The quantitative estimate of drug-likeness (QED) is 0.538. The average Bonchev–Trinajstić information content (AvgIpc) is 3.22. The summed E-state index contributed by atoms with van der Waals surface area (Å²) in [6, 6.07) is 6.11. The molecule has 0 unspecified atom stereocenters. The van der Waals surface area contributed by atoms with Crippen LogP contribution in [0.5, 0.6) is 11.6 Å². The van der Waals surface area contributed by atoms with Crippen molar-refractivity contribution in [3.05, 3.63) is 64.9 Å². The highest BCUT2D eigenvalue weighted by Gasteiger charge is 2.25. The highest BCUT2D eigenvalue weighted by Crippen LogP contribution is 2.36. The molecule has 2 aromatic heterocycles. The summed E-state index contributed by atoms with van der Waals surface area (Å²) < 4.78 is 7.82. The van der Waals surface area contributed by atoms with Crippen LogP contribution in [0.2, 0.25) is 0 Å². The molecule has 0 atom stereocenters. The summed E-state index contributed by atoms with van der Waals surface area (Å²) in [4.78, 5) is 24.3. The van der Waals surface area contributed by atoms with Crippen LogP contribution in [0.25, 0.3) is 0 Å². The van der Waals surface area contributed by atoms with Crippen LogP contribution in [0.15, 0.2) is 36.9 Å². The first kappa shape index (κ1) is 21.6. The van der Waals surface area contributed by atoms with E-state index in [0.717, 1.165) is 47.8 Å². The predicted molar refractivity (Wildman–Crippen MR) is 120 cm³/mol. The van der Waals surface area contributed by atoms with Gasteiger partial charge in [-0.3, -0.25) is 9.36 Å². The molecule has 158 valence electrons. The van der Waals surface area contributed by atoms with Crippen molar-refractivity contribution in [1.29, 1.82) is 0 Å². The van der Waals surface area contributed by atoms with Crippen LogP contribution in [0, 0.1) is 27.7 Å². The van der Waals surface area contributed by atoms with Gasteiger partial charge in [-0.2, -0.15) is 0 Å². The Bertz CT molecular complexity index is 1020. The Kier molecular flexibility index (Phi) is 6.55. The second kappa shape index (κ2) is 9.11. The molecular weight excluding hydrogens is 376 g/mol. The molecule has 0 N–H and O–H groups in total. The number of hydrogen-bond donors (Lipinski definition) is 0. The molecule has 0 amide bonds. The van der Waals surface area contributed by atoms with Crippen LogP contribution >= 0.6 is 0 Å². The number of imidazole rings is 1. The maximum atomic E-state index is 13.5. The summed E-state index contributed by atoms with van der Waals surface area (Å²) in [6.45, 7) is 13.9. The van der Waals surface area contributed by atoms with Gasteiger partial charge >= 0.3 is 0 Å². The van der Waals surface area contributed by atoms with E-state index < -0.39 is 0 Å². The van der Waals surface area contributed by atoms with Crippen LogP contribution in [-0.4, -0.2) is 33.5 Å². The lowest BCUT2D eigenvalue weighted by atomic mass is 10.1. The summed E-state index contributed by atoms with van der Waals surface area (Å²) in [5, 5.41) is 0. The first-order chi connectivity index (χ1) is 14.3. The van der Waals surface area contributed by atoms with E-state index in [4.69, 9.17) is 4.74 Å². The Hall–Kier alpha value is -3.15. The van der Waals surface area contributed by atoms with Gasteiger partial charge < -0.3 is 9.64 Å². The second-order valence-electron chi connectivity index (χ2n) is 7.65. The zero-order chi connectivity index (χ0) is 21.8. The molecular formula is C24H30N4O2. The smallest absolute Gasteiger partial charge is 0.270 e. The molecule has 0 saturated heterocycles. The van der Waals surface area contributed by atoms with E-state index in [9.17, 15) is 4.79 Å². The molecule has 0 saturated carbocycles. The third-order valence-electron chi connectivity index (χ3n) is 5.07. The maximum absolute atomic E-state index is 13.5. The van der Waals surface area contributed by atoms with Crippen molar-refractivity contribution < 1.29 is 9.53 Å². The third kappa shape index (κ3) is 4.37. The Morgan fingerprint density at radius 3 is 2.37 bits per heavy atom. The van der Waals surface area contributed by atoms with E-state index >= 15 is 0 Å². The molecule has 0 aliphatic rings. The number of hydrogen-bond acceptors (Lipinski definition) is 5. The molecule has 0 fully saturated rings. The zero-order valence-electron chi connectivity index (χ0n) is 18.7. The van der Waals surface area contributed by atoms with Crippen molar-refractivity contribution >= 4 is 11.6 Å². The number of ether oxygens (including phenoxy) is 1. The number of aromatic nitrogens is 3. The minimum atomic E-state index is -0.207. The average molecular weight is 407 g/mol. The fourth-order valence-corrected chi connectivity index (χ4v) is 3.80. The van der Waals surface area contributed by atoms with Crippen molar-refractivity contribution in [2.45, 2.75) is 48.0 Å². The van der Waals surface area contributed by atoms with Gasteiger partial charge in [0.05, 0.1) is 5.69 Å². The van der Waals surface area contributed by atoms with Crippen LogP contribution in [0.1, 0.15) is 53.0 Å². The van der Waals surface area contributed by atoms with Crippen molar-refractivity contribution in [1.82, 2.24) is 14.5 Å². The summed E-state index contributed by atoms with van der Waals surface area (Å²) in [5.74, 6) is 0.859. The number of pyridine rings is 1. The maximum Gasteiger partial charge on any atom is 0.270 e. The summed E-state index contributed by atoms with van der Waals surface area (Å²) >= 11 is 0. The van der Waals surface area contributed by atoms with Crippen LogP contribution in [0.4, 0.5) is 5.69 Å². The standard InChI is InChI=1S/C24H30N4O2/c1-7-10-27(8-2)20-14-19(6)26-23(21(20)24(29)28-11-9-25-15-28)30-22-17(4)12-16(3)13-18(22)5/h9,11-15H,7-8,10H2,1-6H3. The van der Waals surface area contributed by atoms with E-state index in [0.29, 0.717) is 11.4 Å². The first-order valence-corrected chi connectivity index (χ1v) is 10.4. The summed E-state index contributed by atoms with van der Waals surface area (Å²) in [5.41, 5.74) is 5.29. The predicted octanol–water partition coefficient (Wildman–Crippen LogP) is 5.23. The number of anilines is 1. The molecule has 30 heavy (non-hydrogen) atoms. The molecule has 2 heterocycles. The zero-order valence-corrected chi connectivity index (χ0v) is 18.7. The molecule has 6 heteroatoms. The van der Waals surface area contributed by atoms with Gasteiger partial charge in [-0.25, -0.2) is 9.97 Å². The van der Waals surface area contributed by atoms with Crippen molar-refractivity contribution in [3.63, 3.8) is 0 Å². The first-order valence-electron chi connectivity index (χ1n) is 10.4. The topological polar surface area (TPSA) is 60.3 Å². The SMILES string of the molecule is CCCN(CC)c1cc(C)nc(Oc2c(C)cc(C)cc2C)c1C(=O)n1ccnc1. The number of benzene rings is 1. The van der Waals surface area contributed by atoms with Crippen LogP contribution < -0.4 is 9.64 Å². The van der Waals surface area contributed by atoms with Gasteiger partial charge in [-0.15, -0.1) is 0 Å².